The van der Waals surface area contributed by atoms with Crippen LogP contribution in [0.15, 0.2) is 48.5 Å². The maximum absolute atomic E-state index is 12.2. The molecule has 0 radical (unpaired) electrons. The molecule has 0 atom stereocenters. The number of primary amides is 1. The highest BCUT2D eigenvalue weighted by molar-refractivity contribution is 6.05. The Bertz CT molecular complexity index is 715. The van der Waals surface area contributed by atoms with Gasteiger partial charge in [0, 0.05) is 11.3 Å². The number of anilines is 1. The van der Waals surface area contributed by atoms with Crippen molar-refractivity contribution in [3.8, 4) is 6.07 Å². The second kappa shape index (κ2) is 6.35. The van der Waals surface area contributed by atoms with E-state index in [2.05, 4.69) is 5.32 Å². The molecule has 21 heavy (non-hydrogen) atoms. The zero-order valence-electron chi connectivity index (χ0n) is 11.2. The normalized spacial score (nSPS) is 9.67. The van der Waals surface area contributed by atoms with Crippen molar-refractivity contribution in [2.75, 3.05) is 5.32 Å². The number of rotatable bonds is 4. The van der Waals surface area contributed by atoms with E-state index in [1.54, 1.807) is 48.5 Å². The Morgan fingerprint density at radius 3 is 2.38 bits per heavy atom. The lowest BCUT2D eigenvalue weighted by Crippen LogP contribution is -2.19. The second-order valence-corrected chi connectivity index (χ2v) is 4.44. The standard InChI is InChI=1S/C16H13N3O2/c17-10-11-5-7-13(8-6-11)19-16(21)14-4-2-1-3-12(14)9-15(18)20/h1-8H,9H2,(H2,18,20)(H,19,21). The van der Waals surface area contributed by atoms with Crippen LogP contribution in [0.3, 0.4) is 0 Å². The van der Waals surface area contributed by atoms with Gasteiger partial charge in [0.25, 0.3) is 5.91 Å². The quantitative estimate of drug-likeness (QED) is 0.893. The van der Waals surface area contributed by atoms with Crippen LogP contribution in [0, 0.1) is 11.3 Å². The number of nitriles is 1. The average molecular weight is 279 g/mol. The molecule has 0 aliphatic carbocycles. The van der Waals surface area contributed by atoms with E-state index in [0.29, 0.717) is 22.4 Å². The van der Waals surface area contributed by atoms with Gasteiger partial charge in [-0.2, -0.15) is 5.26 Å². The van der Waals surface area contributed by atoms with E-state index in [0.717, 1.165) is 0 Å². The molecule has 0 fully saturated rings. The minimum Gasteiger partial charge on any atom is -0.369 e. The third-order valence-corrected chi connectivity index (χ3v) is 2.90. The summed E-state index contributed by atoms with van der Waals surface area (Å²) in [4.78, 5) is 23.3. The third-order valence-electron chi connectivity index (χ3n) is 2.90. The Morgan fingerprint density at radius 2 is 1.76 bits per heavy atom. The Morgan fingerprint density at radius 1 is 1.10 bits per heavy atom. The molecule has 3 N–H and O–H groups in total. The summed E-state index contributed by atoms with van der Waals surface area (Å²) in [6.07, 6.45) is 0.0109. The first-order valence-electron chi connectivity index (χ1n) is 6.28. The molecule has 0 spiro atoms. The van der Waals surface area contributed by atoms with Crippen LogP contribution in [0.5, 0.6) is 0 Å². The molecule has 2 rings (SSSR count). The highest BCUT2D eigenvalue weighted by atomic mass is 16.2. The molecule has 0 bridgehead atoms. The SMILES string of the molecule is N#Cc1ccc(NC(=O)c2ccccc2CC(N)=O)cc1. The fraction of sp³-hybridized carbons (Fsp3) is 0.0625. The molecular formula is C16H13N3O2. The Kier molecular flexibility index (Phi) is 4.32. The van der Waals surface area contributed by atoms with E-state index in [1.807, 2.05) is 6.07 Å². The van der Waals surface area contributed by atoms with Crippen molar-refractivity contribution in [3.05, 3.63) is 65.2 Å². The Labute approximate surface area is 122 Å². The Balaban J connectivity index is 2.20. The van der Waals surface area contributed by atoms with Crippen LogP contribution in [0.1, 0.15) is 21.5 Å². The molecule has 2 amide bonds. The minimum atomic E-state index is -0.492. The van der Waals surface area contributed by atoms with Crippen molar-refractivity contribution in [2.45, 2.75) is 6.42 Å². The molecule has 2 aromatic rings. The summed E-state index contributed by atoms with van der Waals surface area (Å²) in [5.74, 6) is -0.815. The van der Waals surface area contributed by atoms with Gasteiger partial charge in [-0.1, -0.05) is 18.2 Å². The van der Waals surface area contributed by atoms with Crippen molar-refractivity contribution >= 4 is 17.5 Å². The van der Waals surface area contributed by atoms with Gasteiger partial charge in [-0.3, -0.25) is 9.59 Å². The lowest BCUT2D eigenvalue weighted by atomic mass is 10.0. The maximum atomic E-state index is 12.2. The van der Waals surface area contributed by atoms with Crippen molar-refractivity contribution < 1.29 is 9.59 Å². The zero-order chi connectivity index (χ0) is 15.2. The molecule has 2 aromatic carbocycles. The van der Waals surface area contributed by atoms with Crippen LogP contribution >= 0.6 is 0 Å². The summed E-state index contributed by atoms with van der Waals surface area (Å²) in [6, 6.07) is 15.3. The van der Waals surface area contributed by atoms with Gasteiger partial charge >= 0.3 is 0 Å². The fourth-order valence-electron chi connectivity index (χ4n) is 1.91. The number of benzene rings is 2. The minimum absolute atomic E-state index is 0.0109. The van der Waals surface area contributed by atoms with Crippen LogP contribution in [-0.2, 0) is 11.2 Å². The molecule has 0 saturated carbocycles. The topological polar surface area (TPSA) is 96.0 Å². The van der Waals surface area contributed by atoms with Crippen LogP contribution in [0.2, 0.25) is 0 Å². The molecule has 5 nitrogen and oxygen atoms in total. The van der Waals surface area contributed by atoms with Crippen LogP contribution in [0.25, 0.3) is 0 Å². The monoisotopic (exact) mass is 279 g/mol. The van der Waals surface area contributed by atoms with Gasteiger partial charge in [-0.15, -0.1) is 0 Å². The first-order valence-corrected chi connectivity index (χ1v) is 6.28. The van der Waals surface area contributed by atoms with Crippen LogP contribution in [-0.4, -0.2) is 11.8 Å². The first kappa shape index (κ1) is 14.3. The summed E-state index contributed by atoms with van der Waals surface area (Å²) in [6.45, 7) is 0. The fourth-order valence-corrected chi connectivity index (χ4v) is 1.91. The summed E-state index contributed by atoms with van der Waals surface area (Å²) in [5, 5.41) is 11.5. The average Bonchev–Trinajstić information content (AvgIpc) is 2.48. The molecule has 0 unspecified atom stereocenters. The van der Waals surface area contributed by atoms with Crippen LogP contribution in [0.4, 0.5) is 5.69 Å². The van der Waals surface area contributed by atoms with Crippen molar-refractivity contribution in [2.24, 2.45) is 5.73 Å². The van der Waals surface area contributed by atoms with Gasteiger partial charge in [0.05, 0.1) is 18.1 Å². The predicted molar refractivity (Wildman–Crippen MR) is 78.5 cm³/mol. The molecule has 0 aliphatic rings. The number of nitrogens with one attached hydrogen (secondary N) is 1. The van der Waals surface area contributed by atoms with E-state index < -0.39 is 5.91 Å². The highest BCUT2D eigenvalue weighted by Gasteiger charge is 2.12. The lowest BCUT2D eigenvalue weighted by molar-refractivity contribution is -0.117. The number of amides is 2. The number of nitrogens with zero attached hydrogens (tertiary/aromatic N) is 1. The van der Waals surface area contributed by atoms with Crippen molar-refractivity contribution in [3.63, 3.8) is 0 Å². The number of hydrogen-bond acceptors (Lipinski definition) is 3. The molecule has 0 aliphatic heterocycles. The summed E-state index contributed by atoms with van der Waals surface area (Å²) in [7, 11) is 0. The molecule has 5 heteroatoms. The summed E-state index contributed by atoms with van der Waals surface area (Å²) >= 11 is 0. The summed E-state index contributed by atoms with van der Waals surface area (Å²) in [5.41, 5.74) is 7.25. The zero-order valence-corrected chi connectivity index (χ0v) is 11.2. The van der Waals surface area contributed by atoms with Gasteiger partial charge < -0.3 is 11.1 Å². The van der Waals surface area contributed by atoms with E-state index in [1.165, 1.54) is 0 Å². The number of carbonyl (C=O) groups is 2. The van der Waals surface area contributed by atoms with Crippen LogP contribution < -0.4 is 11.1 Å². The van der Waals surface area contributed by atoms with Gasteiger partial charge in [-0.05, 0) is 35.9 Å². The first-order chi connectivity index (χ1) is 10.1. The molecule has 104 valence electrons. The van der Waals surface area contributed by atoms with Crippen molar-refractivity contribution in [1.29, 1.82) is 5.26 Å². The third kappa shape index (κ3) is 3.67. The number of nitrogens with two attached hydrogens (primary N) is 1. The molecular weight excluding hydrogens is 266 g/mol. The van der Waals surface area contributed by atoms with Crippen molar-refractivity contribution in [1.82, 2.24) is 0 Å². The predicted octanol–water partition coefficient (Wildman–Crippen LogP) is 1.84. The number of hydrogen-bond donors (Lipinski definition) is 2. The summed E-state index contributed by atoms with van der Waals surface area (Å²) < 4.78 is 0. The maximum Gasteiger partial charge on any atom is 0.255 e. The van der Waals surface area contributed by atoms with E-state index >= 15 is 0 Å². The second-order valence-electron chi connectivity index (χ2n) is 4.44. The van der Waals surface area contributed by atoms with Gasteiger partial charge in [0.15, 0.2) is 0 Å². The lowest BCUT2D eigenvalue weighted by Gasteiger charge is -2.09. The largest absolute Gasteiger partial charge is 0.369 e. The smallest absolute Gasteiger partial charge is 0.255 e. The van der Waals surface area contributed by atoms with Gasteiger partial charge in [-0.25, -0.2) is 0 Å². The number of carbonyl (C=O) groups excluding carboxylic acids is 2. The molecule has 0 heterocycles. The Hall–Kier alpha value is -3.13. The van der Waals surface area contributed by atoms with Gasteiger partial charge in [0.2, 0.25) is 5.91 Å². The van der Waals surface area contributed by atoms with E-state index in [4.69, 9.17) is 11.0 Å². The molecule has 0 saturated heterocycles. The van der Waals surface area contributed by atoms with E-state index in [9.17, 15) is 9.59 Å². The van der Waals surface area contributed by atoms with E-state index in [-0.39, 0.29) is 12.3 Å². The highest BCUT2D eigenvalue weighted by Crippen LogP contribution is 2.14. The molecule has 0 aromatic heterocycles. The van der Waals surface area contributed by atoms with Gasteiger partial charge in [0.1, 0.15) is 0 Å².